The first-order valence-electron chi connectivity index (χ1n) is 7.87. The van der Waals surface area contributed by atoms with Crippen LogP contribution in [0.15, 0.2) is 0 Å². The van der Waals surface area contributed by atoms with Crippen molar-refractivity contribution in [2.45, 2.75) is 58.4 Å². The van der Waals surface area contributed by atoms with Gasteiger partial charge in [0, 0.05) is 24.5 Å². The molecule has 1 fully saturated rings. The normalized spacial score (nSPS) is 19.0. The molecule has 6 heteroatoms. The lowest BCUT2D eigenvalue weighted by Gasteiger charge is -2.24. The molecule has 0 bridgehead atoms. The summed E-state index contributed by atoms with van der Waals surface area (Å²) in [4.78, 5) is 18.9. The van der Waals surface area contributed by atoms with E-state index in [1.165, 1.54) is 6.42 Å². The SMILES string of the molecule is CCCN(CC1CCCN1)C(=O)c1n[nH]c(C(C)(C)C)n1. The lowest BCUT2D eigenvalue weighted by molar-refractivity contribution is 0.0730. The summed E-state index contributed by atoms with van der Waals surface area (Å²) in [5.41, 5.74) is -0.131. The number of carbonyl (C=O) groups excluding carboxylic acids is 1. The first-order valence-corrected chi connectivity index (χ1v) is 7.87. The van der Waals surface area contributed by atoms with Crippen LogP contribution in [0.4, 0.5) is 0 Å². The van der Waals surface area contributed by atoms with Crippen LogP contribution < -0.4 is 5.32 Å². The van der Waals surface area contributed by atoms with E-state index in [2.05, 4.69) is 27.4 Å². The second kappa shape index (κ2) is 6.56. The monoisotopic (exact) mass is 293 g/mol. The van der Waals surface area contributed by atoms with Crippen LogP contribution >= 0.6 is 0 Å². The molecule has 1 amide bonds. The molecule has 2 rings (SSSR count). The summed E-state index contributed by atoms with van der Waals surface area (Å²) < 4.78 is 0. The maximum absolute atomic E-state index is 12.6. The number of aromatic nitrogens is 3. The molecule has 1 aliphatic heterocycles. The van der Waals surface area contributed by atoms with Crippen molar-refractivity contribution in [3.63, 3.8) is 0 Å². The number of hydrogen-bond acceptors (Lipinski definition) is 4. The molecule has 1 aromatic heterocycles. The highest BCUT2D eigenvalue weighted by Crippen LogP contribution is 2.18. The van der Waals surface area contributed by atoms with Gasteiger partial charge in [-0.3, -0.25) is 9.89 Å². The van der Waals surface area contributed by atoms with E-state index in [1.807, 2.05) is 25.7 Å². The molecular weight excluding hydrogens is 266 g/mol. The third-order valence-corrected chi connectivity index (χ3v) is 3.77. The highest BCUT2D eigenvalue weighted by molar-refractivity contribution is 5.90. The van der Waals surface area contributed by atoms with Crippen LogP contribution in [0.5, 0.6) is 0 Å². The molecule has 6 nitrogen and oxygen atoms in total. The highest BCUT2D eigenvalue weighted by Gasteiger charge is 2.26. The van der Waals surface area contributed by atoms with Crippen LogP contribution in [-0.2, 0) is 5.41 Å². The summed E-state index contributed by atoms with van der Waals surface area (Å²) in [6.07, 6.45) is 3.26. The Kier molecular flexibility index (Phi) is 4.98. The summed E-state index contributed by atoms with van der Waals surface area (Å²) >= 11 is 0. The Morgan fingerprint density at radius 1 is 1.43 bits per heavy atom. The number of amides is 1. The number of aromatic amines is 1. The third kappa shape index (κ3) is 4.03. The smallest absolute Gasteiger partial charge is 0.293 e. The number of nitrogens with zero attached hydrogens (tertiary/aromatic N) is 3. The molecule has 0 aromatic carbocycles. The Bertz CT molecular complexity index is 471. The first kappa shape index (κ1) is 15.9. The van der Waals surface area contributed by atoms with Gasteiger partial charge in [-0.1, -0.05) is 27.7 Å². The van der Waals surface area contributed by atoms with E-state index >= 15 is 0 Å². The summed E-state index contributed by atoms with van der Waals surface area (Å²) in [5.74, 6) is 0.963. The molecule has 0 radical (unpaired) electrons. The average Bonchev–Trinajstić information content (AvgIpc) is 3.07. The van der Waals surface area contributed by atoms with Crippen molar-refractivity contribution in [1.82, 2.24) is 25.4 Å². The Hall–Kier alpha value is -1.43. The van der Waals surface area contributed by atoms with Crippen LogP contribution in [-0.4, -0.2) is 51.7 Å². The Morgan fingerprint density at radius 2 is 2.19 bits per heavy atom. The summed E-state index contributed by atoms with van der Waals surface area (Å²) in [5, 5.41) is 10.4. The molecule has 0 aliphatic carbocycles. The van der Waals surface area contributed by atoms with Gasteiger partial charge in [0.25, 0.3) is 5.91 Å². The zero-order valence-electron chi connectivity index (χ0n) is 13.6. The standard InChI is InChI=1S/C15H27N5O/c1-5-9-20(10-11-7-6-8-16-11)13(21)12-17-14(19-18-12)15(2,3)4/h11,16H,5-10H2,1-4H3,(H,17,18,19). The van der Waals surface area contributed by atoms with Crippen molar-refractivity contribution < 1.29 is 4.79 Å². The van der Waals surface area contributed by atoms with Gasteiger partial charge >= 0.3 is 0 Å². The van der Waals surface area contributed by atoms with E-state index in [0.717, 1.165) is 38.3 Å². The lowest BCUT2D eigenvalue weighted by atomic mass is 9.96. The molecule has 0 saturated carbocycles. The van der Waals surface area contributed by atoms with Gasteiger partial charge < -0.3 is 10.2 Å². The summed E-state index contributed by atoms with van der Waals surface area (Å²) in [7, 11) is 0. The molecule has 1 unspecified atom stereocenters. The van der Waals surface area contributed by atoms with Gasteiger partial charge in [-0.15, -0.1) is 5.10 Å². The van der Waals surface area contributed by atoms with Crippen molar-refractivity contribution in [2.75, 3.05) is 19.6 Å². The maximum Gasteiger partial charge on any atom is 0.293 e. The fraction of sp³-hybridized carbons (Fsp3) is 0.800. The number of nitrogens with one attached hydrogen (secondary N) is 2. The molecular formula is C15H27N5O. The van der Waals surface area contributed by atoms with Crippen molar-refractivity contribution in [3.8, 4) is 0 Å². The van der Waals surface area contributed by atoms with Gasteiger partial charge in [-0.2, -0.15) is 0 Å². The topological polar surface area (TPSA) is 73.9 Å². The summed E-state index contributed by atoms with van der Waals surface area (Å²) in [6, 6.07) is 0.404. The van der Waals surface area contributed by atoms with E-state index in [1.54, 1.807) is 0 Å². The van der Waals surface area contributed by atoms with Crippen molar-refractivity contribution in [1.29, 1.82) is 0 Å². The molecule has 2 heterocycles. The quantitative estimate of drug-likeness (QED) is 0.866. The Balaban J connectivity index is 2.08. The molecule has 21 heavy (non-hydrogen) atoms. The fourth-order valence-electron chi connectivity index (χ4n) is 2.56. The van der Waals surface area contributed by atoms with Crippen LogP contribution in [0.2, 0.25) is 0 Å². The van der Waals surface area contributed by atoms with Gasteiger partial charge in [0.1, 0.15) is 5.82 Å². The van der Waals surface area contributed by atoms with E-state index in [9.17, 15) is 4.79 Å². The van der Waals surface area contributed by atoms with Gasteiger partial charge in [-0.25, -0.2) is 4.98 Å². The van der Waals surface area contributed by atoms with E-state index in [0.29, 0.717) is 6.04 Å². The number of H-pyrrole nitrogens is 1. The summed E-state index contributed by atoms with van der Waals surface area (Å²) in [6.45, 7) is 10.8. The zero-order valence-corrected chi connectivity index (χ0v) is 13.6. The highest BCUT2D eigenvalue weighted by atomic mass is 16.2. The van der Waals surface area contributed by atoms with Gasteiger partial charge in [0.2, 0.25) is 5.82 Å². The number of hydrogen-bond donors (Lipinski definition) is 2. The second-order valence-electron chi connectivity index (χ2n) is 6.80. The zero-order chi connectivity index (χ0) is 15.5. The fourth-order valence-corrected chi connectivity index (χ4v) is 2.56. The minimum Gasteiger partial charge on any atom is -0.334 e. The predicted molar refractivity (Wildman–Crippen MR) is 82.3 cm³/mol. The van der Waals surface area contributed by atoms with Crippen molar-refractivity contribution in [3.05, 3.63) is 11.6 Å². The molecule has 118 valence electrons. The second-order valence-corrected chi connectivity index (χ2v) is 6.80. The van der Waals surface area contributed by atoms with E-state index < -0.39 is 0 Å². The van der Waals surface area contributed by atoms with Crippen molar-refractivity contribution in [2.24, 2.45) is 0 Å². The maximum atomic E-state index is 12.6. The lowest BCUT2D eigenvalue weighted by Crippen LogP contribution is -2.42. The van der Waals surface area contributed by atoms with Gasteiger partial charge in [-0.05, 0) is 25.8 Å². The first-order chi connectivity index (χ1) is 9.91. The Morgan fingerprint density at radius 3 is 2.71 bits per heavy atom. The molecule has 0 spiro atoms. The largest absolute Gasteiger partial charge is 0.334 e. The van der Waals surface area contributed by atoms with Gasteiger partial charge in [0.05, 0.1) is 0 Å². The van der Waals surface area contributed by atoms with Crippen LogP contribution in [0, 0.1) is 0 Å². The van der Waals surface area contributed by atoms with E-state index in [-0.39, 0.29) is 17.1 Å². The molecule has 2 N–H and O–H groups in total. The Labute approximate surface area is 126 Å². The number of carbonyl (C=O) groups is 1. The minimum atomic E-state index is -0.131. The average molecular weight is 293 g/mol. The minimum absolute atomic E-state index is 0.0719. The predicted octanol–water partition coefficient (Wildman–Crippen LogP) is 1.71. The molecule has 1 saturated heterocycles. The van der Waals surface area contributed by atoms with Gasteiger partial charge in [0.15, 0.2) is 0 Å². The van der Waals surface area contributed by atoms with E-state index in [4.69, 9.17) is 0 Å². The molecule has 1 atom stereocenters. The molecule has 1 aromatic rings. The van der Waals surface area contributed by atoms with Crippen LogP contribution in [0.25, 0.3) is 0 Å². The number of rotatable bonds is 5. The third-order valence-electron chi connectivity index (χ3n) is 3.77. The van der Waals surface area contributed by atoms with Crippen LogP contribution in [0.3, 0.4) is 0 Å². The van der Waals surface area contributed by atoms with Crippen LogP contribution in [0.1, 0.15) is 63.4 Å². The molecule has 1 aliphatic rings. The van der Waals surface area contributed by atoms with Crippen molar-refractivity contribution >= 4 is 5.91 Å².